The number of aromatic nitrogens is 2. The lowest BCUT2D eigenvalue weighted by atomic mass is 10.2. The van der Waals surface area contributed by atoms with Gasteiger partial charge in [0.05, 0.1) is 11.3 Å². The van der Waals surface area contributed by atoms with Crippen LogP contribution in [-0.2, 0) is 10.0 Å². The molecule has 0 amide bonds. The van der Waals surface area contributed by atoms with Crippen molar-refractivity contribution in [3.63, 3.8) is 0 Å². The molecule has 0 atom stereocenters. The molecule has 2 aromatic carbocycles. The number of halogens is 1. The molecule has 0 aliphatic rings. The van der Waals surface area contributed by atoms with Crippen LogP contribution in [0.25, 0.3) is 22.8 Å². The molecule has 4 aromatic rings. The number of nitrogens with one attached hydrogen (secondary N) is 1. The Morgan fingerprint density at radius 3 is 2.57 bits per heavy atom. The molecular formula is C19H14ClN3O3S2. The van der Waals surface area contributed by atoms with E-state index in [1.54, 1.807) is 41.8 Å². The van der Waals surface area contributed by atoms with Gasteiger partial charge in [-0.15, -0.1) is 11.3 Å². The average Bonchev–Trinajstić information content (AvgIpc) is 3.33. The lowest BCUT2D eigenvalue weighted by Crippen LogP contribution is -2.12. The summed E-state index contributed by atoms with van der Waals surface area (Å²) in [6.07, 6.45) is 0. The Bertz CT molecular complexity index is 1230. The Morgan fingerprint density at radius 2 is 1.82 bits per heavy atom. The molecule has 0 fully saturated rings. The van der Waals surface area contributed by atoms with Crippen LogP contribution in [0.5, 0.6) is 0 Å². The van der Waals surface area contributed by atoms with Gasteiger partial charge in [-0.25, -0.2) is 8.42 Å². The van der Waals surface area contributed by atoms with E-state index in [0.29, 0.717) is 22.1 Å². The van der Waals surface area contributed by atoms with Crippen LogP contribution in [0.1, 0.15) is 5.56 Å². The molecule has 0 aliphatic heterocycles. The molecule has 0 bridgehead atoms. The topological polar surface area (TPSA) is 85.1 Å². The fourth-order valence-electron chi connectivity index (χ4n) is 2.51. The first kappa shape index (κ1) is 18.7. The second kappa shape index (κ2) is 7.38. The summed E-state index contributed by atoms with van der Waals surface area (Å²) in [5.41, 5.74) is 2.68. The summed E-state index contributed by atoms with van der Waals surface area (Å²) in [7, 11) is -3.71. The zero-order valence-corrected chi connectivity index (χ0v) is 17.0. The van der Waals surface area contributed by atoms with Gasteiger partial charge in [0, 0.05) is 16.0 Å². The maximum Gasteiger partial charge on any atom is 0.271 e. The highest BCUT2D eigenvalue weighted by Gasteiger charge is 2.20. The zero-order valence-electron chi connectivity index (χ0n) is 14.6. The average molecular weight is 432 g/mol. The normalized spacial score (nSPS) is 11.5. The molecular weight excluding hydrogens is 418 g/mol. The van der Waals surface area contributed by atoms with Crippen LogP contribution in [0, 0.1) is 6.92 Å². The van der Waals surface area contributed by atoms with Crippen LogP contribution in [0.4, 0.5) is 5.69 Å². The van der Waals surface area contributed by atoms with E-state index in [-0.39, 0.29) is 10.1 Å². The predicted octanol–water partition coefficient (Wildman–Crippen LogP) is 5.23. The van der Waals surface area contributed by atoms with E-state index in [4.69, 9.17) is 16.1 Å². The van der Waals surface area contributed by atoms with Crippen molar-refractivity contribution in [3.8, 4) is 22.8 Å². The first-order valence-corrected chi connectivity index (χ1v) is 10.9. The Morgan fingerprint density at radius 1 is 1.07 bits per heavy atom. The van der Waals surface area contributed by atoms with E-state index in [1.807, 2.05) is 19.1 Å². The van der Waals surface area contributed by atoms with Crippen LogP contribution in [0.3, 0.4) is 0 Å². The summed E-state index contributed by atoms with van der Waals surface area (Å²) >= 11 is 6.98. The fraction of sp³-hybridized carbons (Fsp3) is 0.0526. The van der Waals surface area contributed by atoms with Crippen molar-refractivity contribution in [1.82, 2.24) is 10.1 Å². The number of benzene rings is 2. The van der Waals surface area contributed by atoms with Gasteiger partial charge in [0.2, 0.25) is 5.82 Å². The molecule has 2 aromatic heterocycles. The van der Waals surface area contributed by atoms with Crippen molar-refractivity contribution in [2.75, 3.05) is 4.72 Å². The van der Waals surface area contributed by atoms with Crippen molar-refractivity contribution in [3.05, 3.63) is 70.6 Å². The lowest BCUT2D eigenvalue weighted by Gasteiger charge is -2.08. The van der Waals surface area contributed by atoms with E-state index in [2.05, 4.69) is 14.9 Å². The number of hydrogen-bond acceptors (Lipinski definition) is 6. The number of aryl methyl sites for hydroxylation is 1. The van der Waals surface area contributed by atoms with E-state index in [9.17, 15) is 8.42 Å². The van der Waals surface area contributed by atoms with Crippen LogP contribution < -0.4 is 4.72 Å². The predicted molar refractivity (Wildman–Crippen MR) is 110 cm³/mol. The summed E-state index contributed by atoms with van der Waals surface area (Å²) in [6.45, 7) is 1.84. The lowest BCUT2D eigenvalue weighted by molar-refractivity contribution is 0.432. The maximum atomic E-state index is 12.7. The summed E-state index contributed by atoms with van der Waals surface area (Å²) in [4.78, 5) is 4.34. The quantitative estimate of drug-likeness (QED) is 0.467. The Hall–Kier alpha value is -2.68. The summed E-state index contributed by atoms with van der Waals surface area (Å²) in [6, 6.07) is 15.8. The Balaban J connectivity index is 1.59. The molecule has 2 heterocycles. The Labute approximate surface area is 170 Å². The summed E-state index contributed by atoms with van der Waals surface area (Å²) in [5.74, 6) is 0.652. The molecule has 4 rings (SSSR count). The van der Waals surface area contributed by atoms with Crippen molar-refractivity contribution >= 4 is 38.6 Å². The second-order valence-corrected chi connectivity index (χ2v) is 9.26. The SMILES string of the molecule is Cc1ccccc1NS(=O)(=O)c1cc(-c2nc(-c3ccc(Cl)cc3)no2)cs1. The van der Waals surface area contributed by atoms with Gasteiger partial charge >= 0.3 is 0 Å². The molecule has 0 spiro atoms. The molecule has 6 nitrogen and oxygen atoms in total. The van der Waals surface area contributed by atoms with E-state index in [1.165, 1.54) is 6.07 Å². The number of thiophene rings is 1. The highest BCUT2D eigenvalue weighted by Crippen LogP contribution is 2.30. The molecule has 1 N–H and O–H groups in total. The highest BCUT2D eigenvalue weighted by atomic mass is 35.5. The number of sulfonamides is 1. The van der Waals surface area contributed by atoms with Crippen molar-refractivity contribution in [2.24, 2.45) is 0 Å². The largest absolute Gasteiger partial charge is 0.334 e. The summed E-state index contributed by atoms with van der Waals surface area (Å²) < 4.78 is 33.4. The number of nitrogens with zero attached hydrogens (tertiary/aromatic N) is 2. The van der Waals surface area contributed by atoms with Crippen molar-refractivity contribution in [1.29, 1.82) is 0 Å². The monoisotopic (exact) mass is 431 g/mol. The molecule has 142 valence electrons. The number of hydrogen-bond donors (Lipinski definition) is 1. The van der Waals surface area contributed by atoms with Crippen LogP contribution in [0.15, 0.2) is 68.7 Å². The van der Waals surface area contributed by atoms with Gasteiger partial charge in [0.25, 0.3) is 15.9 Å². The summed E-state index contributed by atoms with van der Waals surface area (Å²) in [5, 5.41) is 6.24. The van der Waals surface area contributed by atoms with Crippen LogP contribution in [-0.4, -0.2) is 18.6 Å². The molecule has 0 saturated carbocycles. The fourth-order valence-corrected chi connectivity index (χ4v) is 4.92. The number of anilines is 1. The van der Waals surface area contributed by atoms with Gasteiger partial charge in [0.15, 0.2) is 0 Å². The first-order valence-electron chi connectivity index (χ1n) is 8.19. The van der Waals surface area contributed by atoms with Crippen LogP contribution >= 0.6 is 22.9 Å². The molecule has 9 heteroatoms. The van der Waals surface area contributed by atoms with Gasteiger partial charge in [-0.1, -0.05) is 35.0 Å². The first-order chi connectivity index (χ1) is 13.4. The zero-order chi connectivity index (χ0) is 19.7. The highest BCUT2D eigenvalue weighted by molar-refractivity contribution is 7.94. The standard InChI is InChI=1S/C19H14ClN3O3S2/c1-12-4-2-3-5-16(12)23-28(24,25)17-10-14(11-27-17)19-21-18(22-26-19)13-6-8-15(20)9-7-13/h2-11,23H,1H3. The van der Waals surface area contributed by atoms with E-state index < -0.39 is 10.0 Å². The van der Waals surface area contributed by atoms with Gasteiger partial charge in [0.1, 0.15) is 4.21 Å². The molecule has 0 radical (unpaired) electrons. The van der Waals surface area contributed by atoms with Gasteiger partial charge < -0.3 is 4.52 Å². The van der Waals surface area contributed by atoms with Gasteiger partial charge in [-0.05, 0) is 48.9 Å². The third kappa shape index (κ3) is 3.80. The van der Waals surface area contributed by atoms with Crippen molar-refractivity contribution in [2.45, 2.75) is 11.1 Å². The molecule has 28 heavy (non-hydrogen) atoms. The van der Waals surface area contributed by atoms with Gasteiger partial charge in [-0.3, -0.25) is 4.72 Å². The molecule has 0 saturated heterocycles. The third-order valence-electron chi connectivity index (χ3n) is 4.01. The Kier molecular flexibility index (Phi) is 4.92. The van der Waals surface area contributed by atoms with E-state index in [0.717, 1.165) is 22.5 Å². The molecule has 0 unspecified atom stereocenters. The molecule has 0 aliphatic carbocycles. The number of rotatable bonds is 5. The third-order valence-corrected chi connectivity index (χ3v) is 7.06. The smallest absolute Gasteiger partial charge is 0.271 e. The minimum atomic E-state index is -3.71. The van der Waals surface area contributed by atoms with Crippen molar-refractivity contribution < 1.29 is 12.9 Å². The number of para-hydroxylation sites is 1. The van der Waals surface area contributed by atoms with Crippen LogP contribution in [0.2, 0.25) is 5.02 Å². The van der Waals surface area contributed by atoms with E-state index >= 15 is 0 Å². The second-order valence-electron chi connectivity index (χ2n) is 6.00. The minimum Gasteiger partial charge on any atom is -0.334 e. The van der Waals surface area contributed by atoms with Gasteiger partial charge in [-0.2, -0.15) is 4.98 Å². The maximum absolute atomic E-state index is 12.7. The minimum absolute atomic E-state index is 0.164.